The molecule has 1 heterocycles. The summed E-state index contributed by atoms with van der Waals surface area (Å²) in [6.07, 6.45) is 29.4. The lowest BCUT2D eigenvalue weighted by Gasteiger charge is -2.14. The second-order valence-corrected chi connectivity index (χ2v) is 12.4. The predicted octanol–water partition coefficient (Wildman–Crippen LogP) is 11.2. The van der Waals surface area contributed by atoms with E-state index in [2.05, 4.69) is 13.8 Å². The fourth-order valence-corrected chi connectivity index (χ4v) is 6.40. The van der Waals surface area contributed by atoms with Gasteiger partial charge in [-0.25, -0.2) is 9.59 Å². The SMILES string of the molecule is CCCCCCCCCCCCCC1OC(=O)c2ccc3c(c2C(=O)O1)C3CCCCCCCCCCCCC. The minimum atomic E-state index is -0.759. The molecule has 0 aromatic heterocycles. The molecular formula is C36H58O4. The lowest BCUT2D eigenvalue weighted by Crippen LogP contribution is -2.20. The summed E-state index contributed by atoms with van der Waals surface area (Å²) in [5.41, 5.74) is 3.14. The van der Waals surface area contributed by atoms with Crippen molar-refractivity contribution < 1.29 is 19.1 Å². The molecule has 0 bridgehead atoms. The Morgan fingerprint density at radius 3 is 1.45 bits per heavy atom. The van der Waals surface area contributed by atoms with Crippen LogP contribution in [0.4, 0.5) is 0 Å². The number of rotatable bonds is 24. The van der Waals surface area contributed by atoms with Crippen LogP contribution in [0.25, 0.3) is 0 Å². The first kappa shape index (κ1) is 32.7. The van der Waals surface area contributed by atoms with Crippen LogP contribution in [-0.4, -0.2) is 18.2 Å². The van der Waals surface area contributed by atoms with Crippen LogP contribution >= 0.6 is 0 Å². The summed E-state index contributed by atoms with van der Waals surface area (Å²) in [7, 11) is 0. The van der Waals surface area contributed by atoms with Crippen molar-refractivity contribution in [3.8, 4) is 0 Å². The molecule has 226 valence electrons. The van der Waals surface area contributed by atoms with Crippen molar-refractivity contribution >= 4 is 11.9 Å². The quantitative estimate of drug-likeness (QED) is 0.0942. The summed E-state index contributed by atoms with van der Waals surface area (Å²) in [5, 5.41) is 0. The van der Waals surface area contributed by atoms with Crippen molar-refractivity contribution in [2.45, 2.75) is 180 Å². The van der Waals surface area contributed by atoms with Gasteiger partial charge in [0.05, 0.1) is 11.1 Å². The van der Waals surface area contributed by atoms with Gasteiger partial charge in [0.15, 0.2) is 0 Å². The molecule has 2 atom stereocenters. The molecule has 0 amide bonds. The molecule has 4 heteroatoms. The molecule has 0 saturated carbocycles. The van der Waals surface area contributed by atoms with Crippen LogP contribution in [-0.2, 0) is 9.47 Å². The van der Waals surface area contributed by atoms with Crippen LogP contribution in [0.2, 0.25) is 0 Å². The highest BCUT2D eigenvalue weighted by molar-refractivity contribution is 6.07. The highest BCUT2D eigenvalue weighted by Gasteiger charge is 2.42. The van der Waals surface area contributed by atoms with E-state index in [4.69, 9.17) is 9.47 Å². The van der Waals surface area contributed by atoms with Crippen LogP contribution in [0.15, 0.2) is 12.1 Å². The molecule has 1 aliphatic heterocycles. The number of carbonyl (C=O) groups is 2. The van der Waals surface area contributed by atoms with Gasteiger partial charge in [0.25, 0.3) is 0 Å². The molecule has 40 heavy (non-hydrogen) atoms. The van der Waals surface area contributed by atoms with Gasteiger partial charge in [-0.05, 0) is 30.0 Å². The number of hydrogen-bond acceptors (Lipinski definition) is 4. The molecule has 0 saturated heterocycles. The maximum atomic E-state index is 13.1. The average molecular weight is 555 g/mol. The van der Waals surface area contributed by atoms with Gasteiger partial charge in [-0.1, -0.05) is 155 Å². The van der Waals surface area contributed by atoms with Crippen molar-refractivity contribution in [3.63, 3.8) is 0 Å². The first-order valence-corrected chi connectivity index (χ1v) is 17.3. The number of fused-ring (bicyclic) bond motifs is 3. The second kappa shape index (κ2) is 19.3. The Hall–Kier alpha value is -1.84. The van der Waals surface area contributed by atoms with E-state index in [1.165, 1.54) is 134 Å². The molecular weight excluding hydrogens is 496 g/mol. The minimum absolute atomic E-state index is 0.311. The number of benzene rings is 1. The standard InChI is InChI=1S/C36H58O4/c1-3-5-7-9-11-13-15-17-19-21-23-25-29-30-27-28-31-34(33(29)30)36(38)40-32(39-35(31)37)26-24-22-20-18-16-14-12-10-8-6-4-2/h27-29,32H,3-26H2,1-2H3. The molecule has 1 aliphatic carbocycles. The monoisotopic (exact) mass is 554 g/mol. The number of ether oxygens (including phenoxy) is 2. The van der Waals surface area contributed by atoms with Crippen molar-refractivity contribution in [1.82, 2.24) is 0 Å². The van der Waals surface area contributed by atoms with Gasteiger partial charge >= 0.3 is 11.9 Å². The van der Waals surface area contributed by atoms with E-state index in [0.717, 1.165) is 24.8 Å². The van der Waals surface area contributed by atoms with Crippen molar-refractivity contribution in [3.05, 3.63) is 34.4 Å². The van der Waals surface area contributed by atoms with Gasteiger partial charge in [-0.15, -0.1) is 0 Å². The largest absolute Gasteiger partial charge is 0.422 e. The maximum absolute atomic E-state index is 13.1. The molecule has 1 aromatic carbocycles. The Kier molecular flexibility index (Phi) is 15.8. The second-order valence-electron chi connectivity index (χ2n) is 12.4. The third-order valence-corrected chi connectivity index (χ3v) is 8.96. The van der Waals surface area contributed by atoms with Gasteiger partial charge in [-0.3, -0.25) is 0 Å². The fraction of sp³-hybridized carbons (Fsp3) is 0.778. The Balaban J connectivity index is 1.29. The van der Waals surface area contributed by atoms with Crippen LogP contribution in [0.5, 0.6) is 0 Å². The van der Waals surface area contributed by atoms with E-state index in [-0.39, 0.29) is 5.97 Å². The van der Waals surface area contributed by atoms with Crippen molar-refractivity contribution in [1.29, 1.82) is 0 Å². The highest BCUT2D eigenvalue weighted by Crippen LogP contribution is 2.50. The molecule has 1 aromatic rings. The molecule has 3 rings (SSSR count). The van der Waals surface area contributed by atoms with Crippen LogP contribution in [0, 0.1) is 0 Å². The van der Waals surface area contributed by atoms with Gasteiger partial charge in [-0.2, -0.15) is 0 Å². The molecule has 0 spiro atoms. The average Bonchev–Trinajstić information content (AvgIpc) is 3.68. The third kappa shape index (κ3) is 11.2. The molecule has 4 nitrogen and oxygen atoms in total. The number of esters is 2. The normalized spacial score (nSPS) is 17.6. The minimum Gasteiger partial charge on any atom is -0.422 e. The number of unbranched alkanes of at least 4 members (excludes halogenated alkanes) is 20. The molecule has 2 aliphatic rings. The molecule has 0 radical (unpaired) electrons. The predicted molar refractivity (Wildman–Crippen MR) is 165 cm³/mol. The van der Waals surface area contributed by atoms with Gasteiger partial charge in [0, 0.05) is 12.3 Å². The van der Waals surface area contributed by atoms with Crippen molar-refractivity contribution in [2.24, 2.45) is 0 Å². The van der Waals surface area contributed by atoms with Gasteiger partial charge < -0.3 is 9.47 Å². The zero-order valence-electron chi connectivity index (χ0n) is 25.9. The van der Waals surface area contributed by atoms with Crippen LogP contribution < -0.4 is 0 Å². The summed E-state index contributed by atoms with van der Waals surface area (Å²) in [4.78, 5) is 25.9. The summed E-state index contributed by atoms with van der Waals surface area (Å²) in [6, 6.07) is 3.80. The number of carbonyl (C=O) groups excluding carboxylic acids is 2. The smallest absolute Gasteiger partial charge is 0.342 e. The first-order valence-electron chi connectivity index (χ1n) is 17.3. The topological polar surface area (TPSA) is 52.6 Å². The lowest BCUT2D eigenvalue weighted by atomic mass is 10.0. The summed E-state index contributed by atoms with van der Waals surface area (Å²) >= 11 is 0. The molecule has 2 unspecified atom stereocenters. The van der Waals surface area contributed by atoms with Gasteiger partial charge in [0.2, 0.25) is 6.29 Å². The number of hydrogen-bond donors (Lipinski definition) is 0. The summed E-state index contributed by atoms with van der Waals surface area (Å²) in [5.74, 6) is -0.463. The molecule has 0 fully saturated rings. The fourth-order valence-electron chi connectivity index (χ4n) is 6.40. The van der Waals surface area contributed by atoms with Crippen molar-refractivity contribution in [2.75, 3.05) is 0 Å². The zero-order valence-corrected chi connectivity index (χ0v) is 25.9. The van der Waals surface area contributed by atoms with E-state index in [0.29, 0.717) is 23.5 Å². The van der Waals surface area contributed by atoms with Gasteiger partial charge in [0.1, 0.15) is 0 Å². The maximum Gasteiger partial charge on any atom is 0.342 e. The molecule has 0 N–H and O–H groups in total. The Bertz CT molecular complexity index is 876. The summed E-state index contributed by atoms with van der Waals surface area (Å²) in [6.45, 7) is 4.53. The highest BCUT2D eigenvalue weighted by atomic mass is 16.7. The van der Waals surface area contributed by atoms with E-state index < -0.39 is 12.3 Å². The van der Waals surface area contributed by atoms with Crippen LogP contribution in [0.3, 0.4) is 0 Å². The third-order valence-electron chi connectivity index (χ3n) is 8.96. The van der Waals surface area contributed by atoms with E-state index in [1.54, 1.807) is 6.07 Å². The lowest BCUT2D eigenvalue weighted by molar-refractivity contribution is -0.0802. The Morgan fingerprint density at radius 2 is 0.950 bits per heavy atom. The first-order chi connectivity index (χ1) is 19.7. The number of cyclic esters (lactones) is 2. The Labute approximate surface area is 245 Å². The van der Waals surface area contributed by atoms with E-state index in [1.807, 2.05) is 6.07 Å². The van der Waals surface area contributed by atoms with E-state index in [9.17, 15) is 9.59 Å². The van der Waals surface area contributed by atoms with E-state index >= 15 is 0 Å². The Morgan fingerprint density at radius 1 is 0.525 bits per heavy atom. The zero-order chi connectivity index (χ0) is 28.4. The summed E-state index contributed by atoms with van der Waals surface area (Å²) < 4.78 is 11.3. The van der Waals surface area contributed by atoms with Crippen LogP contribution in [0.1, 0.15) is 206 Å².